The van der Waals surface area contributed by atoms with Gasteiger partial charge in [0, 0.05) is 22.9 Å². The number of piperidine rings is 1. The van der Waals surface area contributed by atoms with Crippen molar-refractivity contribution in [3.05, 3.63) is 38.9 Å². The minimum Gasteiger partial charge on any atom is -0.311 e. The lowest BCUT2D eigenvalue weighted by atomic mass is 9.79. The Morgan fingerprint density at radius 2 is 2.19 bits per heavy atom. The Morgan fingerprint density at radius 1 is 1.42 bits per heavy atom. The maximum Gasteiger partial charge on any atom is 0.263 e. The molecule has 4 nitrogen and oxygen atoms in total. The molecule has 1 aromatic carbocycles. The van der Waals surface area contributed by atoms with E-state index in [4.69, 9.17) is 4.98 Å². The monoisotopic (exact) mass is 427 g/mol. The van der Waals surface area contributed by atoms with Gasteiger partial charge in [-0.15, -0.1) is 0 Å². The third-order valence-electron chi connectivity index (χ3n) is 5.21. The molecular formula is C19H24BrF2N3O. The summed E-state index contributed by atoms with van der Waals surface area (Å²) < 4.78 is 31.7. The number of nitrogens with one attached hydrogen (secondary N) is 1. The fourth-order valence-corrected chi connectivity index (χ4v) is 4.33. The van der Waals surface area contributed by atoms with Gasteiger partial charge in [0.1, 0.15) is 5.82 Å². The van der Waals surface area contributed by atoms with Gasteiger partial charge in [-0.25, -0.2) is 13.8 Å². The molecule has 1 aliphatic heterocycles. The zero-order valence-corrected chi connectivity index (χ0v) is 16.7. The summed E-state index contributed by atoms with van der Waals surface area (Å²) in [6.45, 7) is 4.52. The average molecular weight is 428 g/mol. The van der Waals surface area contributed by atoms with Crippen LogP contribution in [0.4, 0.5) is 8.78 Å². The van der Waals surface area contributed by atoms with Crippen LogP contribution in [0.15, 0.2) is 27.5 Å². The van der Waals surface area contributed by atoms with Crippen LogP contribution < -0.4 is 10.9 Å². The first-order valence-electron chi connectivity index (χ1n) is 9.17. The zero-order valence-electron chi connectivity index (χ0n) is 15.1. The summed E-state index contributed by atoms with van der Waals surface area (Å²) in [6.07, 6.45) is 1.74. The minimum atomic E-state index is -2.80. The largest absolute Gasteiger partial charge is 0.311 e. The van der Waals surface area contributed by atoms with Crippen LogP contribution in [0.5, 0.6) is 0 Å². The number of halogens is 3. The Balaban J connectivity index is 2.19. The number of fused-ring (bicyclic) bond motifs is 1. The van der Waals surface area contributed by atoms with Crippen LogP contribution in [-0.2, 0) is 6.54 Å². The van der Waals surface area contributed by atoms with Gasteiger partial charge >= 0.3 is 0 Å². The highest BCUT2D eigenvalue weighted by atomic mass is 79.9. The van der Waals surface area contributed by atoms with E-state index >= 15 is 0 Å². The molecule has 142 valence electrons. The molecule has 0 unspecified atom stereocenters. The van der Waals surface area contributed by atoms with Gasteiger partial charge in [0.15, 0.2) is 0 Å². The number of nitrogens with zero attached hydrogens (tertiary/aromatic N) is 2. The van der Waals surface area contributed by atoms with Crippen LogP contribution in [0.1, 0.15) is 44.9 Å². The Morgan fingerprint density at radius 3 is 2.85 bits per heavy atom. The first kappa shape index (κ1) is 19.4. The van der Waals surface area contributed by atoms with Crippen molar-refractivity contribution in [1.82, 2.24) is 14.9 Å². The summed E-state index contributed by atoms with van der Waals surface area (Å²) >= 11 is 3.38. The van der Waals surface area contributed by atoms with Crippen molar-refractivity contribution >= 4 is 26.8 Å². The van der Waals surface area contributed by atoms with E-state index in [1.165, 1.54) is 0 Å². The van der Waals surface area contributed by atoms with E-state index in [0.717, 1.165) is 10.9 Å². The van der Waals surface area contributed by atoms with Gasteiger partial charge in [-0.1, -0.05) is 29.3 Å². The number of alkyl halides is 2. The molecule has 0 radical (unpaired) electrons. The van der Waals surface area contributed by atoms with E-state index in [1.54, 1.807) is 16.7 Å². The summed E-state index contributed by atoms with van der Waals surface area (Å²) in [5.41, 5.74) is 0.406. The smallest absolute Gasteiger partial charge is 0.263 e. The predicted octanol–water partition coefficient (Wildman–Crippen LogP) is 4.31. The Labute approximate surface area is 160 Å². The average Bonchev–Trinajstić information content (AvgIpc) is 2.60. The van der Waals surface area contributed by atoms with Crippen molar-refractivity contribution in [2.24, 2.45) is 5.92 Å². The van der Waals surface area contributed by atoms with Crippen LogP contribution in [0.25, 0.3) is 10.9 Å². The topological polar surface area (TPSA) is 46.9 Å². The van der Waals surface area contributed by atoms with Gasteiger partial charge < -0.3 is 5.32 Å². The Bertz CT molecular complexity index is 853. The third kappa shape index (κ3) is 3.56. The zero-order chi connectivity index (χ0) is 18.9. The fraction of sp³-hybridized carbons (Fsp3) is 0.579. The van der Waals surface area contributed by atoms with Crippen LogP contribution in [0.3, 0.4) is 0 Å². The number of benzene rings is 1. The lowest BCUT2D eigenvalue weighted by Crippen LogP contribution is -2.49. The second-order valence-corrected chi connectivity index (χ2v) is 7.82. The molecule has 2 aromatic rings. The van der Waals surface area contributed by atoms with E-state index < -0.39 is 17.8 Å². The van der Waals surface area contributed by atoms with Crippen LogP contribution in [0.2, 0.25) is 0 Å². The maximum atomic E-state index is 14.6. The molecular weight excluding hydrogens is 404 g/mol. The normalized spacial score (nSPS) is 21.0. The third-order valence-corrected chi connectivity index (χ3v) is 5.71. The number of hydrogen-bond acceptors (Lipinski definition) is 3. The maximum absolute atomic E-state index is 14.6. The quantitative estimate of drug-likeness (QED) is 0.773. The van der Waals surface area contributed by atoms with E-state index in [1.807, 2.05) is 19.9 Å². The molecule has 0 amide bonds. The van der Waals surface area contributed by atoms with Crippen molar-refractivity contribution in [3.63, 3.8) is 0 Å². The molecule has 2 heterocycles. The molecule has 1 N–H and O–H groups in total. The van der Waals surface area contributed by atoms with Crippen molar-refractivity contribution < 1.29 is 8.78 Å². The number of rotatable bonds is 5. The van der Waals surface area contributed by atoms with E-state index in [9.17, 15) is 13.6 Å². The molecule has 1 saturated heterocycles. The second kappa shape index (κ2) is 7.72. The first-order chi connectivity index (χ1) is 12.4. The standard InChI is InChI=1S/C19H24BrF2N3O/c1-3-5-13(15-8-9-23-11-19(15,21)22)17-24-16-7-6-12(20)10-14(16)18(26)25(17)4-2/h6-7,10,13,15,23H,3-5,8-9,11H2,1-2H3/t13-,15+/m1/s1. The van der Waals surface area contributed by atoms with E-state index in [0.29, 0.717) is 42.7 Å². The molecule has 26 heavy (non-hydrogen) atoms. The molecule has 1 aromatic heterocycles. The Hall–Kier alpha value is -1.34. The Kier molecular flexibility index (Phi) is 5.77. The lowest BCUT2D eigenvalue weighted by molar-refractivity contribution is -0.0853. The van der Waals surface area contributed by atoms with Crippen molar-refractivity contribution in [1.29, 1.82) is 0 Å². The number of hydrogen-bond donors (Lipinski definition) is 1. The predicted molar refractivity (Wildman–Crippen MR) is 103 cm³/mol. The molecule has 0 saturated carbocycles. The SMILES string of the molecule is CCC[C@@H](c1nc2ccc(Br)cc2c(=O)n1CC)[C@@H]1CCNCC1(F)F. The van der Waals surface area contributed by atoms with Gasteiger partial charge in [0.2, 0.25) is 0 Å². The van der Waals surface area contributed by atoms with Crippen LogP contribution in [0, 0.1) is 5.92 Å². The second-order valence-electron chi connectivity index (χ2n) is 6.91. The summed E-state index contributed by atoms with van der Waals surface area (Å²) in [4.78, 5) is 17.7. The summed E-state index contributed by atoms with van der Waals surface area (Å²) in [7, 11) is 0. The van der Waals surface area contributed by atoms with Gasteiger partial charge in [-0.05, 0) is 44.5 Å². The minimum absolute atomic E-state index is 0.160. The van der Waals surface area contributed by atoms with Crippen molar-refractivity contribution in [3.8, 4) is 0 Å². The molecule has 3 rings (SSSR count). The van der Waals surface area contributed by atoms with Crippen molar-refractivity contribution in [2.45, 2.75) is 51.5 Å². The summed E-state index contributed by atoms with van der Waals surface area (Å²) in [5.74, 6) is -3.54. The van der Waals surface area contributed by atoms with E-state index in [2.05, 4.69) is 21.2 Å². The molecule has 2 atom stereocenters. The summed E-state index contributed by atoms with van der Waals surface area (Å²) in [5, 5.41) is 3.30. The number of aromatic nitrogens is 2. The van der Waals surface area contributed by atoms with Gasteiger partial charge in [0.25, 0.3) is 11.5 Å². The lowest BCUT2D eigenvalue weighted by Gasteiger charge is -2.37. The van der Waals surface area contributed by atoms with Gasteiger partial charge in [-0.2, -0.15) is 0 Å². The molecule has 0 bridgehead atoms. The molecule has 0 aliphatic carbocycles. The van der Waals surface area contributed by atoms with E-state index in [-0.39, 0.29) is 12.1 Å². The fourth-order valence-electron chi connectivity index (χ4n) is 3.97. The highest BCUT2D eigenvalue weighted by Crippen LogP contribution is 2.42. The first-order valence-corrected chi connectivity index (χ1v) is 9.96. The highest BCUT2D eigenvalue weighted by molar-refractivity contribution is 9.10. The molecule has 0 spiro atoms. The molecule has 1 fully saturated rings. The molecule has 7 heteroatoms. The van der Waals surface area contributed by atoms with Crippen LogP contribution in [-0.4, -0.2) is 28.6 Å². The highest BCUT2D eigenvalue weighted by Gasteiger charge is 2.47. The van der Waals surface area contributed by atoms with Crippen LogP contribution >= 0.6 is 15.9 Å². The van der Waals surface area contributed by atoms with Gasteiger partial charge in [-0.3, -0.25) is 9.36 Å². The molecule has 1 aliphatic rings. The summed E-state index contributed by atoms with van der Waals surface area (Å²) in [6, 6.07) is 5.34. The van der Waals surface area contributed by atoms with Gasteiger partial charge in [0.05, 0.1) is 17.4 Å². The van der Waals surface area contributed by atoms with Crippen molar-refractivity contribution in [2.75, 3.05) is 13.1 Å².